The maximum absolute atomic E-state index is 11.7. The van der Waals surface area contributed by atoms with Crippen molar-refractivity contribution in [2.45, 2.75) is 24.6 Å². The zero-order valence-corrected chi connectivity index (χ0v) is 10.6. The minimum absolute atomic E-state index is 0.151. The third-order valence-corrected chi connectivity index (χ3v) is 3.87. The number of aliphatic carboxylic acids is 1. The number of carbonyl (C=O) groups excluding carboxylic acids is 1. The molecule has 1 atom stereocenters. The third kappa shape index (κ3) is 3.43. The number of hydrogen-bond donors (Lipinski definition) is 1. The summed E-state index contributed by atoms with van der Waals surface area (Å²) in [6.07, 6.45) is 0.710. The van der Waals surface area contributed by atoms with E-state index in [-0.39, 0.29) is 12.2 Å². The van der Waals surface area contributed by atoms with Crippen LogP contribution in [-0.2, 0) is 11.2 Å². The van der Waals surface area contributed by atoms with Crippen LogP contribution in [0.2, 0.25) is 0 Å². The number of hydrogen-bond acceptors (Lipinski definition) is 3. The van der Waals surface area contributed by atoms with Crippen LogP contribution in [0.4, 0.5) is 0 Å². The summed E-state index contributed by atoms with van der Waals surface area (Å²) in [5.41, 5.74) is 0. The fourth-order valence-electron chi connectivity index (χ4n) is 1.10. The van der Waals surface area contributed by atoms with Crippen LogP contribution in [0.1, 0.15) is 27.9 Å². The van der Waals surface area contributed by atoms with Crippen molar-refractivity contribution in [3.63, 3.8) is 0 Å². The molecule has 1 N–H and O–H groups in total. The maximum Gasteiger partial charge on any atom is 0.304 e. The summed E-state index contributed by atoms with van der Waals surface area (Å²) in [4.78, 5) is 23.3. The Bertz CT molecular complexity index is 372. The molecule has 0 aliphatic rings. The largest absolute Gasteiger partial charge is 0.481 e. The highest BCUT2D eigenvalue weighted by molar-refractivity contribution is 9.10. The van der Waals surface area contributed by atoms with E-state index in [1.54, 1.807) is 6.07 Å². The number of aryl methyl sites for hydroxylation is 1. The van der Waals surface area contributed by atoms with Gasteiger partial charge in [-0.25, -0.2) is 0 Å². The number of rotatable bonds is 5. The number of ketones is 1. The van der Waals surface area contributed by atoms with Crippen molar-refractivity contribution in [1.29, 1.82) is 0 Å². The molecular formula is C10H11BrO3S. The van der Waals surface area contributed by atoms with E-state index in [2.05, 4.69) is 15.9 Å². The van der Waals surface area contributed by atoms with Gasteiger partial charge in [0, 0.05) is 4.88 Å². The van der Waals surface area contributed by atoms with E-state index < -0.39 is 10.8 Å². The van der Waals surface area contributed by atoms with E-state index in [1.165, 1.54) is 11.3 Å². The SMILES string of the molecule is CCc1ccc(C(=O)C(Br)CC(=O)O)s1. The molecule has 0 saturated carbocycles. The van der Waals surface area contributed by atoms with Crippen molar-refractivity contribution in [2.24, 2.45) is 0 Å². The van der Waals surface area contributed by atoms with Gasteiger partial charge in [-0.2, -0.15) is 0 Å². The molecule has 15 heavy (non-hydrogen) atoms. The highest BCUT2D eigenvalue weighted by atomic mass is 79.9. The summed E-state index contributed by atoms with van der Waals surface area (Å²) in [7, 11) is 0. The quantitative estimate of drug-likeness (QED) is 0.670. The molecule has 0 aliphatic carbocycles. The van der Waals surface area contributed by atoms with Gasteiger partial charge in [-0.3, -0.25) is 9.59 Å². The second-order valence-corrected chi connectivity index (χ2v) is 5.32. The van der Waals surface area contributed by atoms with E-state index in [4.69, 9.17) is 5.11 Å². The summed E-state index contributed by atoms with van der Waals surface area (Å²) in [6.45, 7) is 2.02. The molecule has 0 amide bonds. The molecule has 1 aromatic rings. The minimum Gasteiger partial charge on any atom is -0.481 e. The van der Waals surface area contributed by atoms with Gasteiger partial charge >= 0.3 is 5.97 Å². The Morgan fingerprint density at radius 3 is 2.67 bits per heavy atom. The highest BCUT2D eigenvalue weighted by Crippen LogP contribution is 2.21. The molecule has 1 aromatic heterocycles. The number of thiophene rings is 1. The van der Waals surface area contributed by atoms with Crippen LogP contribution >= 0.6 is 27.3 Å². The number of halogens is 1. The Morgan fingerprint density at radius 1 is 1.53 bits per heavy atom. The molecular weight excluding hydrogens is 280 g/mol. The lowest BCUT2D eigenvalue weighted by atomic mass is 10.2. The summed E-state index contributed by atoms with van der Waals surface area (Å²) >= 11 is 4.51. The minimum atomic E-state index is -0.975. The van der Waals surface area contributed by atoms with Gasteiger partial charge in [0.2, 0.25) is 0 Å². The first-order valence-electron chi connectivity index (χ1n) is 4.53. The van der Waals surface area contributed by atoms with Crippen molar-refractivity contribution in [3.8, 4) is 0 Å². The lowest BCUT2D eigenvalue weighted by molar-refractivity contribution is -0.136. The van der Waals surface area contributed by atoms with Gasteiger partial charge in [0.25, 0.3) is 0 Å². The number of carboxylic acid groups (broad SMARTS) is 1. The fourth-order valence-corrected chi connectivity index (χ4v) is 2.72. The van der Waals surface area contributed by atoms with E-state index >= 15 is 0 Å². The summed E-state index contributed by atoms with van der Waals surface area (Å²) in [6, 6.07) is 3.65. The van der Waals surface area contributed by atoms with Gasteiger partial charge in [0.15, 0.2) is 5.78 Å². The van der Waals surface area contributed by atoms with Gasteiger partial charge in [0.1, 0.15) is 0 Å². The molecule has 0 aliphatic heterocycles. The van der Waals surface area contributed by atoms with Crippen molar-refractivity contribution in [3.05, 3.63) is 21.9 Å². The van der Waals surface area contributed by atoms with Crippen molar-refractivity contribution in [2.75, 3.05) is 0 Å². The topological polar surface area (TPSA) is 54.4 Å². The highest BCUT2D eigenvalue weighted by Gasteiger charge is 2.21. The molecule has 0 fully saturated rings. The second-order valence-electron chi connectivity index (χ2n) is 3.05. The molecule has 3 nitrogen and oxygen atoms in total. The molecule has 0 bridgehead atoms. The van der Waals surface area contributed by atoms with Crippen LogP contribution in [0, 0.1) is 0 Å². The number of carbonyl (C=O) groups is 2. The van der Waals surface area contributed by atoms with Gasteiger partial charge in [0.05, 0.1) is 16.1 Å². The first-order chi connectivity index (χ1) is 7.04. The predicted octanol–water partition coefficient (Wildman–Crippen LogP) is 2.73. The van der Waals surface area contributed by atoms with E-state index in [9.17, 15) is 9.59 Å². The summed E-state index contributed by atoms with van der Waals surface area (Å²) in [5, 5.41) is 8.55. The monoisotopic (exact) mass is 290 g/mol. The van der Waals surface area contributed by atoms with Crippen LogP contribution in [0.5, 0.6) is 0 Å². The number of Topliss-reactive ketones (excluding diaryl/α,β-unsaturated/α-hetero) is 1. The van der Waals surface area contributed by atoms with Gasteiger partial charge in [-0.05, 0) is 18.6 Å². The van der Waals surface area contributed by atoms with Crippen LogP contribution < -0.4 is 0 Å². The third-order valence-electron chi connectivity index (χ3n) is 1.89. The molecule has 0 spiro atoms. The zero-order valence-electron chi connectivity index (χ0n) is 8.20. The van der Waals surface area contributed by atoms with Gasteiger partial charge < -0.3 is 5.11 Å². The number of alkyl halides is 1. The Labute approximate surface area is 100 Å². The van der Waals surface area contributed by atoms with Crippen molar-refractivity contribution in [1.82, 2.24) is 0 Å². The van der Waals surface area contributed by atoms with Crippen LogP contribution in [0.25, 0.3) is 0 Å². The van der Waals surface area contributed by atoms with Gasteiger partial charge in [-0.15, -0.1) is 11.3 Å². The maximum atomic E-state index is 11.7. The second kappa shape index (κ2) is 5.42. The first kappa shape index (κ1) is 12.4. The molecule has 1 unspecified atom stereocenters. The standard InChI is InChI=1S/C10H11BrO3S/c1-2-6-3-4-8(15-6)10(14)7(11)5-9(12)13/h3-4,7H,2,5H2,1H3,(H,12,13). The van der Waals surface area contributed by atoms with Crippen LogP contribution in [0.15, 0.2) is 12.1 Å². The van der Waals surface area contributed by atoms with Crippen molar-refractivity contribution < 1.29 is 14.7 Å². The van der Waals surface area contributed by atoms with E-state index in [0.717, 1.165) is 11.3 Å². The number of carboxylic acids is 1. The molecule has 1 heterocycles. The average Bonchev–Trinajstić information content (AvgIpc) is 2.63. The molecule has 5 heteroatoms. The smallest absolute Gasteiger partial charge is 0.304 e. The Kier molecular flexibility index (Phi) is 4.47. The Balaban J connectivity index is 2.71. The first-order valence-corrected chi connectivity index (χ1v) is 6.26. The van der Waals surface area contributed by atoms with E-state index in [1.807, 2.05) is 13.0 Å². The zero-order chi connectivity index (χ0) is 11.4. The predicted molar refractivity (Wildman–Crippen MR) is 63.0 cm³/mol. The molecule has 0 saturated heterocycles. The fraction of sp³-hybridized carbons (Fsp3) is 0.400. The molecule has 0 radical (unpaired) electrons. The molecule has 82 valence electrons. The van der Waals surface area contributed by atoms with Crippen molar-refractivity contribution >= 4 is 39.0 Å². The average molecular weight is 291 g/mol. The summed E-state index contributed by atoms with van der Waals surface area (Å²) < 4.78 is 0. The lowest BCUT2D eigenvalue weighted by Gasteiger charge is -2.02. The van der Waals surface area contributed by atoms with Crippen LogP contribution in [-0.4, -0.2) is 21.7 Å². The Morgan fingerprint density at radius 2 is 2.20 bits per heavy atom. The van der Waals surface area contributed by atoms with Crippen LogP contribution in [0.3, 0.4) is 0 Å². The van der Waals surface area contributed by atoms with E-state index in [0.29, 0.717) is 4.88 Å². The Hall–Kier alpha value is -0.680. The molecule has 0 aromatic carbocycles. The lowest BCUT2D eigenvalue weighted by Crippen LogP contribution is -2.17. The molecule has 1 rings (SSSR count). The normalized spacial score (nSPS) is 12.4. The van der Waals surface area contributed by atoms with Gasteiger partial charge in [-0.1, -0.05) is 22.9 Å². The summed E-state index contributed by atoms with van der Waals surface area (Å²) in [5.74, 6) is -1.13.